The molecule has 2 aromatic rings. The molecule has 0 atom stereocenters. The molecule has 0 aliphatic heterocycles. The summed E-state index contributed by atoms with van der Waals surface area (Å²) in [5.41, 5.74) is 3.35. The van der Waals surface area contributed by atoms with Gasteiger partial charge in [0, 0.05) is 18.9 Å². The zero-order valence-electron chi connectivity index (χ0n) is 17.3. The lowest BCUT2D eigenvalue weighted by atomic mass is 9.49. The van der Waals surface area contributed by atoms with Crippen LogP contribution in [0.4, 0.5) is 0 Å². The van der Waals surface area contributed by atoms with Crippen molar-refractivity contribution in [3.8, 4) is 5.95 Å². The summed E-state index contributed by atoms with van der Waals surface area (Å²) in [4.78, 5) is 21.8. The molecule has 0 radical (unpaired) electrons. The second-order valence-corrected chi connectivity index (χ2v) is 9.62. The molecule has 4 bridgehead atoms. The molecule has 4 aliphatic carbocycles. The number of aryl methyl sites for hydroxylation is 2. The van der Waals surface area contributed by atoms with Crippen molar-refractivity contribution in [3.05, 3.63) is 41.5 Å². The van der Waals surface area contributed by atoms with Crippen molar-refractivity contribution in [2.24, 2.45) is 23.2 Å². The summed E-state index contributed by atoms with van der Waals surface area (Å²) in [5.74, 6) is 3.08. The SMILES string of the molecule is C=Cc1nc(-n2cc(C(=O)NCC34CC5CC(CC(C5)C3)C4)c(C)n2)ncc1C. The fraction of sp³-hybridized carbons (Fsp3) is 0.565. The topological polar surface area (TPSA) is 72.7 Å². The molecular weight excluding hydrogens is 362 g/mol. The Labute approximate surface area is 171 Å². The lowest BCUT2D eigenvalue weighted by Gasteiger charge is -2.56. The van der Waals surface area contributed by atoms with Crippen LogP contribution in [-0.4, -0.2) is 32.2 Å². The number of amides is 1. The van der Waals surface area contributed by atoms with Crippen LogP contribution in [0, 0.1) is 37.0 Å². The predicted octanol–water partition coefficient (Wildman–Crippen LogP) is 3.87. The molecule has 4 saturated carbocycles. The standard InChI is InChI=1S/C23H29N5O/c1-4-20-14(2)11-24-22(26-20)28-12-19(15(3)27-28)21(29)25-13-23-8-16-5-17(9-23)7-18(6-16)10-23/h4,11-12,16-18H,1,5-10,13H2,2-3H3,(H,25,29). The van der Waals surface area contributed by atoms with Crippen LogP contribution in [0.25, 0.3) is 12.0 Å². The monoisotopic (exact) mass is 391 g/mol. The molecule has 6 nitrogen and oxygen atoms in total. The zero-order chi connectivity index (χ0) is 20.2. The first-order valence-electron chi connectivity index (χ1n) is 10.8. The highest BCUT2D eigenvalue weighted by atomic mass is 16.1. The summed E-state index contributed by atoms with van der Waals surface area (Å²) < 4.78 is 1.58. The van der Waals surface area contributed by atoms with Gasteiger partial charge in [0.2, 0.25) is 0 Å². The third-order valence-electron chi connectivity index (χ3n) is 7.33. The Morgan fingerprint density at radius 2 is 1.90 bits per heavy atom. The molecule has 1 N–H and O–H groups in total. The molecular formula is C23H29N5O. The lowest BCUT2D eigenvalue weighted by molar-refractivity contribution is -0.0503. The van der Waals surface area contributed by atoms with E-state index in [0.29, 0.717) is 22.6 Å². The minimum absolute atomic E-state index is 0.0412. The molecule has 0 spiro atoms. The second-order valence-electron chi connectivity index (χ2n) is 9.62. The lowest BCUT2D eigenvalue weighted by Crippen LogP contribution is -2.51. The number of nitrogens with one attached hydrogen (secondary N) is 1. The van der Waals surface area contributed by atoms with Crippen LogP contribution in [0.2, 0.25) is 0 Å². The van der Waals surface area contributed by atoms with E-state index in [-0.39, 0.29) is 5.91 Å². The van der Waals surface area contributed by atoms with Crippen LogP contribution in [-0.2, 0) is 0 Å². The van der Waals surface area contributed by atoms with E-state index in [0.717, 1.165) is 35.6 Å². The highest BCUT2D eigenvalue weighted by molar-refractivity contribution is 5.95. The third-order valence-corrected chi connectivity index (χ3v) is 7.33. The van der Waals surface area contributed by atoms with Gasteiger partial charge in [0.25, 0.3) is 11.9 Å². The molecule has 6 rings (SSSR count). The molecule has 0 unspecified atom stereocenters. The maximum Gasteiger partial charge on any atom is 0.254 e. The summed E-state index contributed by atoms with van der Waals surface area (Å²) in [5, 5.41) is 7.72. The van der Waals surface area contributed by atoms with Crippen LogP contribution in [0.1, 0.15) is 65.8 Å². The quantitative estimate of drug-likeness (QED) is 0.840. The molecule has 0 saturated heterocycles. The smallest absolute Gasteiger partial charge is 0.254 e. The fourth-order valence-corrected chi connectivity index (χ4v) is 6.42. The van der Waals surface area contributed by atoms with Crippen molar-refractivity contribution in [3.63, 3.8) is 0 Å². The van der Waals surface area contributed by atoms with Gasteiger partial charge in [0.1, 0.15) is 0 Å². The fourth-order valence-electron chi connectivity index (χ4n) is 6.42. The van der Waals surface area contributed by atoms with Crippen molar-refractivity contribution in [2.75, 3.05) is 6.54 Å². The Balaban J connectivity index is 1.31. The minimum atomic E-state index is -0.0412. The van der Waals surface area contributed by atoms with Gasteiger partial charge in [0.05, 0.1) is 17.0 Å². The summed E-state index contributed by atoms with van der Waals surface area (Å²) in [6, 6.07) is 0. The van der Waals surface area contributed by atoms with Crippen LogP contribution in [0.15, 0.2) is 19.0 Å². The van der Waals surface area contributed by atoms with Crippen molar-refractivity contribution in [1.29, 1.82) is 0 Å². The number of aromatic nitrogens is 4. The maximum absolute atomic E-state index is 13.0. The van der Waals surface area contributed by atoms with Gasteiger partial charge in [-0.25, -0.2) is 14.6 Å². The first kappa shape index (κ1) is 18.5. The number of hydrogen-bond donors (Lipinski definition) is 1. The summed E-state index contributed by atoms with van der Waals surface area (Å²) in [6.07, 6.45) is 13.3. The molecule has 0 aromatic carbocycles. The van der Waals surface area contributed by atoms with Crippen LogP contribution in [0.5, 0.6) is 0 Å². The zero-order valence-corrected chi connectivity index (χ0v) is 17.3. The molecule has 2 aromatic heterocycles. The normalized spacial score (nSPS) is 29.8. The van der Waals surface area contributed by atoms with E-state index in [1.807, 2.05) is 13.8 Å². The number of nitrogens with zero attached hydrogens (tertiary/aromatic N) is 4. The summed E-state index contributed by atoms with van der Waals surface area (Å²) in [7, 11) is 0. The van der Waals surface area contributed by atoms with Crippen molar-refractivity contribution < 1.29 is 4.79 Å². The van der Waals surface area contributed by atoms with Gasteiger partial charge in [0.15, 0.2) is 0 Å². The van der Waals surface area contributed by atoms with E-state index < -0.39 is 0 Å². The van der Waals surface area contributed by atoms with Gasteiger partial charge in [-0.15, -0.1) is 0 Å². The van der Waals surface area contributed by atoms with Gasteiger partial charge in [-0.05, 0) is 87.2 Å². The minimum Gasteiger partial charge on any atom is -0.351 e. The molecule has 4 fully saturated rings. The average Bonchev–Trinajstić information content (AvgIpc) is 3.07. The largest absolute Gasteiger partial charge is 0.351 e. The first-order valence-corrected chi connectivity index (χ1v) is 10.8. The van der Waals surface area contributed by atoms with Gasteiger partial charge >= 0.3 is 0 Å². The van der Waals surface area contributed by atoms with E-state index in [2.05, 4.69) is 27.0 Å². The van der Waals surface area contributed by atoms with Gasteiger partial charge in [-0.1, -0.05) is 6.58 Å². The first-order chi connectivity index (χ1) is 13.9. The highest BCUT2D eigenvalue weighted by Crippen LogP contribution is 2.59. The van der Waals surface area contributed by atoms with E-state index in [1.165, 1.54) is 38.5 Å². The summed E-state index contributed by atoms with van der Waals surface area (Å²) >= 11 is 0. The van der Waals surface area contributed by atoms with Crippen molar-refractivity contribution in [2.45, 2.75) is 52.4 Å². The Morgan fingerprint density at radius 1 is 1.24 bits per heavy atom. The van der Waals surface area contributed by atoms with Gasteiger partial charge in [-0.3, -0.25) is 4.79 Å². The Kier molecular flexibility index (Phi) is 4.33. The average molecular weight is 392 g/mol. The number of rotatable bonds is 5. The summed E-state index contributed by atoms with van der Waals surface area (Å²) in [6.45, 7) is 8.39. The van der Waals surface area contributed by atoms with Crippen LogP contribution < -0.4 is 5.32 Å². The number of hydrogen-bond acceptors (Lipinski definition) is 4. The van der Waals surface area contributed by atoms with Crippen molar-refractivity contribution in [1.82, 2.24) is 25.1 Å². The molecule has 152 valence electrons. The van der Waals surface area contributed by atoms with Crippen LogP contribution in [0.3, 0.4) is 0 Å². The Hall–Kier alpha value is -2.50. The maximum atomic E-state index is 13.0. The molecule has 2 heterocycles. The van der Waals surface area contributed by atoms with E-state index in [9.17, 15) is 4.79 Å². The molecule has 29 heavy (non-hydrogen) atoms. The third kappa shape index (κ3) is 3.28. The molecule has 6 heteroatoms. The van der Waals surface area contributed by atoms with E-state index in [4.69, 9.17) is 0 Å². The number of carbonyl (C=O) groups excluding carboxylic acids is 1. The van der Waals surface area contributed by atoms with Crippen LogP contribution >= 0.6 is 0 Å². The molecule has 4 aliphatic rings. The van der Waals surface area contributed by atoms with E-state index in [1.54, 1.807) is 23.2 Å². The van der Waals surface area contributed by atoms with Gasteiger partial charge in [-0.2, -0.15) is 5.10 Å². The highest BCUT2D eigenvalue weighted by Gasteiger charge is 2.50. The predicted molar refractivity (Wildman–Crippen MR) is 112 cm³/mol. The van der Waals surface area contributed by atoms with Crippen molar-refractivity contribution >= 4 is 12.0 Å². The molecule has 1 amide bonds. The Bertz CT molecular complexity index is 940. The Morgan fingerprint density at radius 3 is 2.52 bits per heavy atom. The van der Waals surface area contributed by atoms with E-state index >= 15 is 0 Å². The van der Waals surface area contributed by atoms with Gasteiger partial charge < -0.3 is 5.32 Å². The number of carbonyl (C=O) groups is 1. The second kappa shape index (κ2) is 6.78.